The first-order valence-electron chi connectivity index (χ1n) is 8.71. The molecular formula is C20H25N3O3S2. The van der Waals surface area contributed by atoms with E-state index in [2.05, 4.69) is 15.4 Å². The van der Waals surface area contributed by atoms with Crippen LogP contribution in [0.25, 0.3) is 0 Å². The van der Waals surface area contributed by atoms with Gasteiger partial charge in [-0.2, -0.15) is 0 Å². The molecule has 0 unspecified atom stereocenters. The highest BCUT2D eigenvalue weighted by atomic mass is 32.2. The van der Waals surface area contributed by atoms with E-state index < -0.39 is 15.4 Å². The molecule has 150 valence electrons. The summed E-state index contributed by atoms with van der Waals surface area (Å²) in [5, 5.41) is 5.63. The fourth-order valence-corrected chi connectivity index (χ4v) is 3.45. The molecule has 0 aliphatic heterocycles. The van der Waals surface area contributed by atoms with Gasteiger partial charge in [0.05, 0.1) is 4.90 Å². The van der Waals surface area contributed by atoms with E-state index in [1.165, 1.54) is 12.1 Å². The normalized spacial score (nSPS) is 11.6. The first-order valence-corrected chi connectivity index (χ1v) is 10.6. The van der Waals surface area contributed by atoms with E-state index in [1.54, 1.807) is 45.0 Å². The first-order chi connectivity index (χ1) is 12.9. The van der Waals surface area contributed by atoms with Crippen molar-refractivity contribution in [3.8, 4) is 0 Å². The van der Waals surface area contributed by atoms with Crippen molar-refractivity contribution in [2.75, 3.05) is 10.0 Å². The molecule has 28 heavy (non-hydrogen) atoms. The molecule has 0 aliphatic rings. The molecule has 0 aromatic heterocycles. The lowest BCUT2D eigenvalue weighted by molar-refractivity contribution is -0.126. The minimum atomic E-state index is -3.71. The third-order valence-electron chi connectivity index (χ3n) is 4.09. The Morgan fingerprint density at radius 3 is 2.04 bits per heavy atom. The summed E-state index contributed by atoms with van der Waals surface area (Å²) in [7, 11) is -3.71. The van der Waals surface area contributed by atoms with Gasteiger partial charge in [0.25, 0.3) is 10.0 Å². The van der Waals surface area contributed by atoms with Crippen LogP contribution in [-0.2, 0) is 14.8 Å². The molecule has 0 spiro atoms. The van der Waals surface area contributed by atoms with Crippen LogP contribution in [0.2, 0.25) is 0 Å². The highest BCUT2D eigenvalue weighted by Crippen LogP contribution is 2.20. The molecule has 8 heteroatoms. The summed E-state index contributed by atoms with van der Waals surface area (Å²) >= 11 is 5.12. The second kappa shape index (κ2) is 8.28. The molecule has 1 amide bonds. The van der Waals surface area contributed by atoms with Gasteiger partial charge < -0.3 is 10.6 Å². The molecule has 3 N–H and O–H groups in total. The lowest BCUT2D eigenvalue weighted by Crippen LogP contribution is -2.41. The number of hydrogen-bond acceptors (Lipinski definition) is 4. The number of nitrogens with one attached hydrogen (secondary N) is 3. The fourth-order valence-electron chi connectivity index (χ4n) is 2.19. The lowest BCUT2D eigenvalue weighted by Gasteiger charge is -2.18. The van der Waals surface area contributed by atoms with Crippen LogP contribution in [0.3, 0.4) is 0 Å². The summed E-state index contributed by atoms with van der Waals surface area (Å²) in [5.74, 6) is -0.207. The average Bonchev–Trinajstić information content (AvgIpc) is 2.57. The van der Waals surface area contributed by atoms with Crippen LogP contribution in [0.5, 0.6) is 0 Å². The van der Waals surface area contributed by atoms with Crippen LogP contribution in [0, 0.1) is 19.3 Å². The number of thiocarbonyl (C=S) groups is 1. The number of aryl methyl sites for hydroxylation is 2. The van der Waals surface area contributed by atoms with Gasteiger partial charge in [-0.25, -0.2) is 8.42 Å². The van der Waals surface area contributed by atoms with E-state index in [0.717, 1.165) is 11.1 Å². The Balaban J connectivity index is 2.07. The second-order valence-corrected chi connectivity index (χ2v) is 9.68. The van der Waals surface area contributed by atoms with Crippen LogP contribution in [0.4, 0.5) is 11.4 Å². The Labute approximate surface area is 171 Å². The SMILES string of the molecule is Cc1ccc(NS(=O)(=O)c2ccc(NC(=S)NC(=O)C(C)(C)C)cc2)cc1C. The summed E-state index contributed by atoms with van der Waals surface area (Å²) < 4.78 is 27.7. The largest absolute Gasteiger partial charge is 0.332 e. The van der Waals surface area contributed by atoms with E-state index in [0.29, 0.717) is 11.4 Å². The fraction of sp³-hybridized carbons (Fsp3) is 0.300. The van der Waals surface area contributed by atoms with Crippen molar-refractivity contribution in [1.29, 1.82) is 0 Å². The minimum absolute atomic E-state index is 0.126. The zero-order valence-electron chi connectivity index (χ0n) is 16.6. The molecule has 0 bridgehead atoms. The van der Waals surface area contributed by atoms with Crippen molar-refractivity contribution >= 4 is 44.6 Å². The molecule has 2 rings (SSSR count). The Kier molecular flexibility index (Phi) is 6.46. The van der Waals surface area contributed by atoms with Crippen molar-refractivity contribution in [3.05, 3.63) is 53.6 Å². The third kappa shape index (κ3) is 5.77. The standard InChI is InChI=1S/C20H25N3O3S2/c1-13-6-7-16(12-14(13)2)23-28(25,26)17-10-8-15(9-11-17)21-19(27)22-18(24)20(3,4)5/h6-12,23H,1-5H3,(H2,21,22,24,27). The van der Waals surface area contributed by atoms with Gasteiger partial charge in [-0.1, -0.05) is 26.8 Å². The van der Waals surface area contributed by atoms with Crippen molar-refractivity contribution in [2.45, 2.75) is 39.5 Å². The number of rotatable bonds is 4. The number of amides is 1. The number of carbonyl (C=O) groups is 1. The molecule has 2 aromatic rings. The van der Waals surface area contributed by atoms with Crippen molar-refractivity contribution in [3.63, 3.8) is 0 Å². The lowest BCUT2D eigenvalue weighted by atomic mass is 9.96. The Morgan fingerprint density at radius 1 is 0.929 bits per heavy atom. The number of carbonyl (C=O) groups excluding carboxylic acids is 1. The van der Waals surface area contributed by atoms with Gasteiger partial charge in [0, 0.05) is 16.8 Å². The topological polar surface area (TPSA) is 87.3 Å². The van der Waals surface area contributed by atoms with Crippen molar-refractivity contribution in [1.82, 2.24) is 5.32 Å². The maximum Gasteiger partial charge on any atom is 0.261 e. The van der Waals surface area contributed by atoms with Gasteiger partial charge in [-0.15, -0.1) is 0 Å². The summed E-state index contributed by atoms with van der Waals surface area (Å²) in [6.07, 6.45) is 0. The highest BCUT2D eigenvalue weighted by molar-refractivity contribution is 7.92. The third-order valence-corrected chi connectivity index (χ3v) is 5.69. The summed E-state index contributed by atoms with van der Waals surface area (Å²) in [5.41, 5.74) is 2.61. The summed E-state index contributed by atoms with van der Waals surface area (Å²) in [4.78, 5) is 12.1. The molecule has 0 saturated heterocycles. The first kappa shape index (κ1) is 21.8. The number of sulfonamides is 1. The quantitative estimate of drug-likeness (QED) is 0.653. The summed E-state index contributed by atoms with van der Waals surface area (Å²) in [6, 6.07) is 11.5. The molecule has 6 nitrogen and oxygen atoms in total. The minimum Gasteiger partial charge on any atom is -0.332 e. The van der Waals surface area contributed by atoms with E-state index in [1.807, 2.05) is 19.9 Å². The number of anilines is 2. The van der Waals surface area contributed by atoms with E-state index in [4.69, 9.17) is 12.2 Å². The Bertz CT molecular complexity index is 992. The van der Waals surface area contributed by atoms with Gasteiger partial charge in [0.1, 0.15) is 0 Å². The average molecular weight is 420 g/mol. The van der Waals surface area contributed by atoms with Crippen LogP contribution in [-0.4, -0.2) is 19.4 Å². The van der Waals surface area contributed by atoms with Gasteiger partial charge in [-0.3, -0.25) is 9.52 Å². The van der Waals surface area contributed by atoms with E-state index in [9.17, 15) is 13.2 Å². The predicted molar refractivity (Wildman–Crippen MR) is 117 cm³/mol. The smallest absolute Gasteiger partial charge is 0.261 e. The highest BCUT2D eigenvalue weighted by Gasteiger charge is 2.22. The zero-order chi connectivity index (χ0) is 21.1. The predicted octanol–water partition coefficient (Wildman–Crippen LogP) is 3.96. The number of benzene rings is 2. The summed E-state index contributed by atoms with van der Waals surface area (Å²) in [6.45, 7) is 9.25. The molecule has 0 atom stereocenters. The van der Waals surface area contributed by atoms with Gasteiger partial charge >= 0.3 is 0 Å². The van der Waals surface area contributed by atoms with Crippen LogP contribution < -0.4 is 15.4 Å². The molecule has 0 fully saturated rings. The maximum atomic E-state index is 12.6. The second-order valence-electron chi connectivity index (χ2n) is 7.59. The molecule has 0 aliphatic carbocycles. The Morgan fingerprint density at radius 2 is 1.50 bits per heavy atom. The molecule has 2 aromatic carbocycles. The van der Waals surface area contributed by atoms with Crippen LogP contribution in [0.1, 0.15) is 31.9 Å². The van der Waals surface area contributed by atoms with Crippen molar-refractivity contribution < 1.29 is 13.2 Å². The zero-order valence-corrected chi connectivity index (χ0v) is 18.2. The van der Waals surface area contributed by atoms with Crippen LogP contribution >= 0.6 is 12.2 Å². The van der Waals surface area contributed by atoms with Crippen LogP contribution in [0.15, 0.2) is 47.4 Å². The molecular weight excluding hydrogens is 394 g/mol. The number of hydrogen-bond donors (Lipinski definition) is 3. The Hall–Kier alpha value is -2.45. The van der Waals surface area contributed by atoms with Gasteiger partial charge in [0.15, 0.2) is 5.11 Å². The van der Waals surface area contributed by atoms with Gasteiger partial charge in [0.2, 0.25) is 5.91 Å². The maximum absolute atomic E-state index is 12.6. The molecule has 0 saturated carbocycles. The monoisotopic (exact) mass is 419 g/mol. The molecule has 0 radical (unpaired) electrons. The molecule has 0 heterocycles. The van der Waals surface area contributed by atoms with E-state index in [-0.39, 0.29) is 15.9 Å². The van der Waals surface area contributed by atoms with Crippen molar-refractivity contribution in [2.24, 2.45) is 5.41 Å². The van der Waals surface area contributed by atoms with E-state index >= 15 is 0 Å². The van der Waals surface area contributed by atoms with Gasteiger partial charge in [-0.05, 0) is 73.6 Å².